The zero-order chi connectivity index (χ0) is 31.5. The molecule has 7 heteroatoms. The maximum Gasteiger partial charge on any atom is 2.00 e. The Kier molecular flexibility index (Phi) is 43.4. The third-order valence-electron chi connectivity index (χ3n) is 8.21. The fourth-order valence-corrected chi connectivity index (χ4v) is 5.30. The van der Waals surface area contributed by atoms with Gasteiger partial charge < -0.3 is 30.0 Å². The molecule has 252 valence electrons. The summed E-state index contributed by atoms with van der Waals surface area (Å²) in [5, 5.41) is 38.7. The number of unbranched alkanes of at least 4 members (excludes halogenated alkanes) is 26. The molecule has 6 nitrogen and oxygen atoms in total. The van der Waals surface area contributed by atoms with Gasteiger partial charge in [0.05, 0.1) is 24.1 Å². The van der Waals surface area contributed by atoms with E-state index in [1.165, 1.54) is 141 Å². The van der Waals surface area contributed by atoms with E-state index in [4.69, 9.17) is 10.2 Å². The Bertz CT molecular complexity index is 512. The van der Waals surface area contributed by atoms with Gasteiger partial charge >= 0.3 is 23.1 Å². The van der Waals surface area contributed by atoms with Crippen molar-refractivity contribution in [2.24, 2.45) is 0 Å². The van der Waals surface area contributed by atoms with Gasteiger partial charge in [0.1, 0.15) is 0 Å². The summed E-state index contributed by atoms with van der Waals surface area (Å²) in [5.74, 6) is -2.69. The van der Waals surface area contributed by atoms with Gasteiger partial charge in [-0.25, -0.2) is 0 Å². The van der Waals surface area contributed by atoms with Crippen LogP contribution in [0.4, 0.5) is 0 Å². The molecule has 0 amide bonds. The SMILES string of the molecule is CCCCCCCCCCCCCCCCC(O)C(=O)[O-].CCCCCCCCCCCCCCCCC(O)C(=O)[O-].[Mg+2]. The molecule has 0 bridgehead atoms. The Labute approximate surface area is 282 Å². The predicted molar refractivity (Wildman–Crippen MR) is 178 cm³/mol. The molecule has 0 radical (unpaired) electrons. The molecule has 0 aromatic heterocycles. The van der Waals surface area contributed by atoms with E-state index >= 15 is 0 Å². The van der Waals surface area contributed by atoms with Crippen LogP contribution in [0.1, 0.15) is 206 Å². The van der Waals surface area contributed by atoms with Gasteiger partial charge in [-0.05, 0) is 12.8 Å². The van der Waals surface area contributed by atoms with Crippen LogP contribution in [0.25, 0.3) is 0 Å². The second-order valence-electron chi connectivity index (χ2n) is 12.4. The molecule has 2 unspecified atom stereocenters. The molecule has 0 heterocycles. The minimum atomic E-state index is -1.34. The van der Waals surface area contributed by atoms with Gasteiger partial charge in [-0.1, -0.05) is 194 Å². The number of hydrogen-bond donors (Lipinski definition) is 2. The summed E-state index contributed by atoms with van der Waals surface area (Å²) in [6, 6.07) is 0. The fraction of sp³-hybridized carbons (Fsp3) is 0.944. The van der Waals surface area contributed by atoms with Crippen molar-refractivity contribution in [1.29, 1.82) is 0 Å². The van der Waals surface area contributed by atoms with E-state index in [0.717, 1.165) is 38.5 Å². The molecule has 0 aliphatic carbocycles. The number of carboxylic acids is 2. The van der Waals surface area contributed by atoms with Crippen molar-refractivity contribution in [2.75, 3.05) is 0 Å². The molecule has 2 atom stereocenters. The number of aliphatic hydroxyl groups excluding tert-OH is 2. The normalized spacial score (nSPS) is 12.2. The van der Waals surface area contributed by atoms with Crippen LogP contribution in [0.5, 0.6) is 0 Å². The van der Waals surface area contributed by atoms with Crippen molar-refractivity contribution in [2.45, 2.75) is 219 Å². The zero-order valence-electron chi connectivity index (χ0n) is 28.6. The summed E-state index contributed by atoms with van der Waals surface area (Å²) >= 11 is 0. The average molecular weight is 623 g/mol. The van der Waals surface area contributed by atoms with Crippen LogP contribution in [-0.2, 0) is 9.59 Å². The summed E-state index contributed by atoms with van der Waals surface area (Å²) in [7, 11) is 0. The summed E-state index contributed by atoms with van der Waals surface area (Å²) in [6.07, 6.45) is 33.9. The molecule has 0 fully saturated rings. The first-order valence-corrected chi connectivity index (χ1v) is 18.1. The Morgan fingerprint density at radius 1 is 0.395 bits per heavy atom. The van der Waals surface area contributed by atoms with E-state index < -0.39 is 24.1 Å². The van der Waals surface area contributed by atoms with Gasteiger partial charge in [0.15, 0.2) is 0 Å². The second kappa shape index (κ2) is 39.7. The largest absolute Gasteiger partial charge is 2.00 e. The first kappa shape index (κ1) is 47.0. The summed E-state index contributed by atoms with van der Waals surface area (Å²) in [4.78, 5) is 20.6. The molecule has 0 aliphatic heterocycles. The van der Waals surface area contributed by atoms with E-state index in [-0.39, 0.29) is 23.1 Å². The van der Waals surface area contributed by atoms with Crippen LogP contribution in [0.2, 0.25) is 0 Å². The first-order chi connectivity index (χ1) is 20.4. The number of carboxylic acid groups (broad SMARTS) is 2. The van der Waals surface area contributed by atoms with Crippen LogP contribution < -0.4 is 10.2 Å². The van der Waals surface area contributed by atoms with Crippen molar-refractivity contribution in [3.8, 4) is 0 Å². The van der Waals surface area contributed by atoms with E-state index in [1.807, 2.05) is 0 Å². The van der Waals surface area contributed by atoms with E-state index in [0.29, 0.717) is 12.8 Å². The van der Waals surface area contributed by atoms with Crippen molar-refractivity contribution in [3.05, 3.63) is 0 Å². The average Bonchev–Trinajstić information content (AvgIpc) is 2.97. The number of aliphatic carboxylic acids is 2. The maximum atomic E-state index is 10.3. The Morgan fingerprint density at radius 2 is 0.558 bits per heavy atom. The molecular formula is C36H70MgO6. The van der Waals surface area contributed by atoms with Crippen molar-refractivity contribution < 1.29 is 30.0 Å². The van der Waals surface area contributed by atoms with E-state index in [2.05, 4.69) is 13.8 Å². The minimum Gasteiger partial charge on any atom is -0.547 e. The van der Waals surface area contributed by atoms with Crippen molar-refractivity contribution in [3.63, 3.8) is 0 Å². The Morgan fingerprint density at radius 3 is 0.721 bits per heavy atom. The quantitative estimate of drug-likeness (QED) is 0.0590. The van der Waals surface area contributed by atoms with Crippen LogP contribution >= 0.6 is 0 Å². The Hall–Kier alpha value is -0.374. The summed E-state index contributed by atoms with van der Waals surface area (Å²) in [5.41, 5.74) is 0. The number of rotatable bonds is 32. The smallest absolute Gasteiger partial charge is 0.547 e. The zero-order valence-corrected chi connectivity index (χ0v) is 30.0. The van der Waals surface area contributed by atoms with E-state index in [1.54, 1.807) is 0 Å². The van der Waals surface area contributed by atoms with Crippen molar-refractivity contribution in [1.82, 2.24) is 0 Å². The summed E-state index contributed by atoms with van der Waals surface area (Å²) < 4.78 is 0. The van der Waals surface area contributed by atoms with Crippen LogP contribution in [-0.4, -0.2) is 57.4 Å². The van der Waals surface area contributed by atoms with E-state index in [9.17, 15) is 19.8 Å². The van der Waals surface area contributed by atoms with Gasteiger partial charge in [-0.3, -0.25) is 0 Å². The third kappa shape index (κ3) is 41.6. The number of carbonyl (C=O) groups is 2. The van der Waals surface area contributed by atoms with Crippen molar-refractivity contribution >= 4 is 35.0 Å². The number of carbonyl (C=O) groups excluding carboxylic acids is 2. The molecule has 2 N–H and O–H groups in total. The molecular weight excluding hydrogens is 553 g/mol. The molecule has 0 saturated heterocycles. The fourth-order valence-electron chi connectivity index (χ4n) is 5.30. The molecule has 43 heavy (non-hydrogen) atoms. The van der Waals surface area contributed by atoms with Gasteiger partial charge in [0.25, 0.3) is 0 Å². The summed E-state index contributed by atoms with van der Waals surface area (Å²) in [6.45, 7) is 4.51. The first-order valence-electron chi connectivity index (χ1n) is 18.1. The predicted octanol–water partition coefficient (Wildman–Crippen LogP) is 7.56. The van der Waals surface area contributed by atoms with Gasteiger partial charge in [-0.15, -0.1) is 0 Å². The van der Waals surface area contributed by atoms with Crippen LogP contribution in [0.3, 0.4) is 0 Å². The number of hydrogen-bond acceptors (Lipinski definition) is 6. The van der Waals surface area contributed by atoms with Gasteiger partial charge in [-0.2, -0.15) is 0 Å². The maximum absolute atomic E-state index is 10.3. The molecule has 0 aliphatic rings. The molecule has 0 rings (SSSR count). The third-order valence-corrected chi connectivity index (χ3v) is 8.21. The molecule has 0 aromatic rings. The Balaban J connectivity index is -0.000000727. The van der Waals surface area contributed by atoms with Gasteiger partial charge in [0, 0.05) is 0 Å². The minimum absolute atomic E-state index is 0. The topological polar surface area (TPSA) is 121 Å². The standard InChI is InChI=1S/2C18H36O3.Mg/c2*1-2-3-4-5-6-7-8-9-10-11-12-13-14-15-16-17(19)18(20)21;/h2*17,19H,2-16H2,1H3,(H,20,21);/q;;+2/p-2. The number of aliphatic hydroxyl groups is 2. The van der Waals surface area contributed by atoms with Gasteiger partial charge in [0.2, 0.25) is 0 Å². The molecule has 0 spiro atoms. The molecule has 0 aromatic carbocycles. The second-order valence-corrected chi connectivity index (χ2v) is 12.4. The molecule has 0 saturated carbocycles. The monoisotopic (exact) mass is 623 g/mol. The van der Waals surface area contributed by atoms with Crippen LogP contribution in [0, 0.1) is 0 Å². The van der Waals surface area contributed by atoms with Crippen LogP contribution in [0.15, 0.2) is 0 Å².